The van der Waals surface area contributed by atoms with Crippen molar-refractivity contribution in [2.24, 2.45) is 28.0 Å². The third-order valence-corrected chi connectivity index (χ3v) is 4.52. The Kier molecular flexibility index (Phi) is 7.05. The molecule has 11 heteroatoms. The first-order chi connectivity index (χ1) is 11.7. The third-order valence-electron chi connectivity index (χ3n) is 4.52. The van der Waals surface area contributed by atoms with E-state index in [1.54, 1.807) is 13.8 Å². The van der Waals surface area contributed by atoms with Gasteiger partial charge in [-0.05, 0) is 28.0 Å². The molecule has 1 aliphatic rings. The first-order valence-electron chi connectivity index (χ1n) is 7.75. The summed E-state index contributed by atoms with van der Waals surface area (Å²) in [5.41, 5.74) is 15.7. The topological polar surface area (TPSA) is 159 Å². The Labute approximate surface area is 144 Å². The fourth-order valence-corrected chi connectivity index (χ4v) is 3.05. The first-order valence-corrected chi connectivity index (χ1v) is 7.75. The quantitative estimate of drug-likeness (QED) is 0.310. The van der Waals surface area contributed by atoms with E-state index in [1.807, 2.05) is 6.92 Å². The van der Waals surface area contributed by atoms with Crippen LogP contribution in [0.25, 0.3) is 20.9 Å². The zero-order valence-corrected chi connectivity index (χ0v) is 14.8. The summed E-state index contributed by atoms with van der Waals surface area (Å²) in [5.74, 6) is -2.23. The summed E-state index contributed by atoms with van der Waals surface area (Å²) < 4.78 is 15.6. The van der Waals surface area contributed by atoms with Crippen LogP contribution >= 0.6 is 0 Å². The van der Waals surface area contributed by atoms with Crippen molar-refractivity contribution in [3.8, 4) is 0 Å². The third kappa shape index (κ3) is 4.14. The second-order valence-electron chi connectivity index (χ2n) is 6.11. The van der Waals surface area contributed by atoms with E-state index in [-0.39, 0.29) is 24.4 Å². The molecule has 0 aromatic heterocycles. The minimum atomic E-state index is -2.11. The van der Waals surface area contributed by atoms with Gasteiger partial charge < -0.3 is 14.2 Å². The van der Waals surface area contributed by atoms with Crippen LogP contribution < -0.4 is 0 Å². The van der Waals surface area contributed by atoms with Gasteiger partial charge in [0.25, 0.3) is 5.72 Å². The lowest BCUT2D eigenvalue weighted by Gasteiger charge is -2.48. The average molecular weight is 354 g/mol. The van der Waals surface area contributed by atoms with E-state index < -0.39 is 29.8 Å². The highest BCUT2D eigenvalue weighted by Gasteiger charge is 2.57. The molecule has 2 unspecified atom stereocenters. The smallest absolute Gasteiger partial charge is 0.344 e. The molecule has 1 saturated heterocycles. The molecule has 138 valence electrons. The fourth-order valence-electron chi connectivity index (χ4n) is 3.05. The summed E-state index contributed by atoms with van der Waals surface area (Å²) >= 11 is 0. The Balaban J connectivity index is 3.34. The summed E-state index contributed by atoms with van der Waals surface area (Å²) in [6.45, 7) is 6.76. The zero-order chi connectivity index (χ0) is 19.2. The number of ether oxygens (including phenoxy) is 3. The van der Waals surface area contributed by atoms with E-state index in [2.05, 4.69) is 20.1 Å². The lowest BCUT2D eigenvalue weighted by Crippen LogP contribution is -2.62. The molecular formula is C14H22N6O5. The van der Waals surface area contributed by atoms with Gasteiger partial charge in [0.05, 0.1) is 25.9 Å². The van der Waals surface area contributed by atoms with Gasteiger partial charge in [-0.25, -0.2) is 4.79 Å². The molecule has 1 heterocycles. The Morgan fingerprint density at radius 2 is 1.92 bits per heavy atom. The van der Waals surface area contributed by atoms with Crippen LogP contribution in [0.1, 0.15) is 27.7 Å². The van der Waals surface area contributed by atoms with E-state index >= 15 is 0 Å². The number of methoxy groups -OCH3 is 1. The Morgan fingerprint density at radius 3 is 2.40 bits per heavy atom. The van der Waals surface area contributed by atoms with Crippen LogP contribution in [0.4, 0.5) is 0 Å². The number of hydrogen-bond acceptors (Lipinski definition) is 7. The Bertz CT molecular complexity index is 615. The van der Waals surface area contributed by atoms with Crippen LogP contribution in [0.5, 0.6) is 0 Å². The van der Waals surface area contributed by atoms with Crippen molar-refractivity contribution in [3.63, 3.8) is 0 Å². The zero-order valence-electron chi connectivity index (χ0n) is 14.8. The molecule has 0 spiro atoms. The standard InChI is InChI=1S/C14H22N6O5/c1-7(6-24-10(4)21)11-8(2)9(3)12(17-19-15)14(25-11,18-20-16)13(22)23-5/h7-9,11-12H,6H2,1-5H3/t7-,8-,9+,11?,12?,14-/m1/s1. The molecule has 1 aliphatic heterocycles. The molecule has 0 aromatic rings. The van der Waals surface area contributed by atoms with E-state index in [4.69, 9.17) is 25.3 Å². The summed E-state index contributed by atoms with van der Waals surface area (Å²) in [7, 11) is 1.12. The van der Waals surface area contributed by atoms with Gasteiger partial charge in [0, 0.05) is 22.7 Å². The molecule has 11 nitrogen and oxygen atoms in total. The number of carbonyl (C=O) groups excluding carboxylic acids is 2. The molecule has 0 amide bonds. The van der Waals surface area contributed by atoms with Gasteiger partial charge in [-0.15, -0.1) is 0 Å². The highest BCUT2D eigenvalue weighted by molar-refractivity contribution is 5.80. The number of rotatable bonds is 6. The van der Waals surface area contributed by atoms with Crippen molar-refractivity contribution in [2.45, 2.75) is 45.6 Å². The van der Waals surface area contributed by atoms with Crippen molar-refractivity contribution in [1.29, 1.82) is 0 Å². The van der Waals surface area contributed by atoms with E-state index in [1.165, 1.54) is 6.92 Å². The molecule has 25 heavy (non-hydrogen) atoms. The van der Waals surface area contributed by atoms with Crippen LogP contribution in [0.15, 0.2) is 10.2 Å². The second kappa shape index (κ2) is 8.57. The number of azide groups is 2. The highest BCUT2D eigenvalue weighted by atomic mass is 16.6. The molecule has 0 aliphatic carbocycles. The lowest BCUT2D eigenvalue weighted by molar-refractivity contribution is -0.217. The molecule has 0 saturated carbocycles. The van der Waals surface area contributed by atoms with E-state index in [0.717, 1.165) is 7.11 Å². The molecule has 1 rings (SSSR count). The van der Waals surface area contributed by atoms with Crippen molar-refractivity contribution in [3.05, 3.63) is 20.9 Å². The van der Waals surface area contributed by atoms with Crippen LogP contribution in [-0.4, -0.2) is 43.5 Å². The molecular weight excluding hydrogens is 332 g/mol. The second-order valence-corrected chi connectivity index (χ2v) is 6.11. The Morgan fingerprint density at radius 1 is 1.28 bits per heavy atom. The molecule has 1 fully saturated rings. The maximum absolute atomic E-state index is 12.4. The van der Waals surface area contributed by atoms with Crippen LogP contribution in [0.3, 0.4) is 0 Å². The predicted molar refractivity (Wildman–Crippen MR) is 85.8 cm³/mol. The van der Waals surface area contributed by atoms with Crippen molar-refractivity contribution >= 4 is 11.9 Å². The average Bonchev–Trinajstić information content (AvgIpc) is 2.58. The normalized spacial score (nSPS) is 32.5. The maximum atomic E-state index is 12.4. The highest BCUT2D eigenvalue weighted by Crippen LogP contribution is 2.43. The number of carbonyl (C=O) groups is 2. The minimum absolute atomic E-state index is 0.0662. The van der Waals surface area contributed by atoms with Gasteiger partial charge in [-0.1, -0.05) is 25.9 Å². The summed E-state index contributed by atoms with van der Waals surface area (Å²) in [4.78, 5) is 28.9. The first kappa shape index (κ1) is 20.6. The van der Waals surface area contributed by atoms with Gasteiger partial charge in [0.2, 0.25) is 0 Å². The summed E-state index contributed by atoms with van der Waals surface area (Å²) in [6.07, 6.45) is -0.593. The molecule has 0 aromatic carbocycles. The summed E-state index contributed by atoms with van der Waals surface area (Å²) in [6, 6.07) is -1.08. The Hall–Kier alpha value is -2.48. The minimum Gasteiger partial charge on any atom is -0.467 e. The molecule has 0 radical (unpaired) electrons. The van der Waals surface area contributed by atoms with Crippen molar-refractivity contribution < 1.29 is 23.8 Å². The van der Waals surface area contributed by atoms with Gasteiger partial charge in [0.1, 0.15) is 0 Å². The van der Waals surface area contributed by atoms with E-state index in [0.29, 0.717) is 0 Å². The molecule has 0 bridgehead atoms. The van der Waals surface area contributed by atoms with Gasteiger partial charge in [-0.2, -0.15) is 0 Å². The lowest BCUT2D eigenvalue weighted by atomic mass is 9.74. The van der Waals surface area contributed by atoms with Gasteiger partial charge >= 0.3 is 11.9 Å². The SMILES string of the molecule is COC(=O)[C@]1(N=[N+]=[N-])OC([C@H](C)COC(C)=O)[C@H](C)[C@H](C)C1N=[N+]=[N-]. The largest absolute Gasteiger partial charge is 0.467 e. The number of esters is 2. The van der Waals surface area contributed by atoms with Gasteiger partial charge in [0.15, 0.2) is 0 Å². The van der Waals surface area contributed by atoms with E-state index in [9.17, 15) is 9.59 Å². The van der Waals surface area contributed by atoms with Crippen LogP contribution in [0.2, 0.25) is 0 Å². The summed E-state index contributed by atoms with van der Waals surface area (Å²) in [5, 5.41) is 7.14. The van der Waals surface area contributed by atoms with Crippen LogP contribution in [-0.2, 0) is 23.8 Å². The van der Waals surface area contributed by atoms with Gasteiger partial charge in [-0.3, -0.25) is 4.79 Å². The number of nitrogens with zero attached hydrogens (tertiary/aromatic N) is 6. The fraction of sp³-hybridized carbons (Fsp3) is 0.857. The maximum Gasteiger partial charge on any atom is 0.344 e. The molecule has 6 atom stereocenters. The monoisotopic (exact) mass is 354 g/mol. The van der Waals surface area contributed by atoms with Crippen LogP contribution in [0, 0.1) is 17.8 Å². The van der Waals surface area contributed by atoms with Crippen molar-refractivity contribution in [1.82, 2.24) is 0 Å². The van der Waals surface area contributed by atoms with Crippen molar-refractivity contribution in [2.75, 3.05) is 13.7 Å². The molecule has 0 N–H and O–H groups in total. The number of hydrogen-bond donors (Lipinski definition) is 0. The predicted octanol–water partition coefficient (Wildman–Crippen LogP) is 2.72.